The lowest BCUT2D eigenvalue weighted by molar-refractivity contribution is -0.177. The second-order valence-electron chi connectivity index (χ2n) is 9.34. The highest BCUT2D eigenvalue weighted by atomic mass is 16.8. The predicted molar refractivity (Wildman–Crippen MR) is 79.3 cm³/mol. The van der Waals surface area contributed by atoms with E-state index in [0.29, 0.717) is 22.9 Å². The highest BCUT2D eigenvalue weighted by molar-refractivity contribution is 5.21. The number of hydrogen-bond donors (Lipinski definition) is 0. The van der Waals surface area contributed by atoms with Crippen molar-refractivity contribution in [3.05, 3.63) is 0 Å². The largest absolute Gasteiger partial charge is 0.344 e. The van der Waals surface area contributed by atoms with E-state index >= 15 is 0 Å². The summed E-state index contributed by atoms with van der Waals surface area (Å²) in [5, 5.41) is 0. The third-order valence-electron chi connectivity index (χ3n) is 7.73. The van der Waals surface area contributed by atoms with Crippen LogP contribution < -0.4 is 0 Å². The second-order valence-corrected chi connectivity index (χ2v) is 9.34. The van der Waals surface area contributed by atoms with Crippen molar-refractivity contribution < 1.29 is 9.47 Å². The van der Waals surface area contributed by atoms with E-state index in [9.17, 15) is 0 Å². The Morgan fingerprint density at radius 1 is 0.900 bits per heavy atom. The summed E-state index contributed by atoms with van der Waals surface area (Å²) in [5.41, 5.74) is 0.836. The Morgan fingerprint density at radius 3 is 2.30 bits per heavy atom. The molecule has 3 aliphatic carbocycles. The predicted octanol–water partition coefficient (Wildman–Crippen LogP) is 4.38. The average Bonchev–Trinajstić information content (AvgIpc) is 2.80. The van der Waals surface area contributed by atoms with Crippen molar-refractivity contribution >= 4 is 0 Å². The summed E-state index contributed by atoms with van der Waals surface area (Å²) < 4.78 is 12.8. The van der Waals surface area contributed by atoms with Crippen LogP contribution in [0.15, 0.2) is 0 Å². The summed E-state index contributed by atoms with van der Waals surface area (Å²) in [6, 6.07) is 0. The molecular weight excluding hydrogens is 248 g/mol. The lowest BCUT2D eigenvalue weighted by Gasteiger charge is -2.47. The Labute approximate surface area is 123 Å². The molecule has 114 valence electrons. The molecule has 20 heavy (non-hydrogen) atoms. The Morgan fingerprint density at radius 2 is 1.60 bits per heavy atom. The minimum atomic E-state index is -0.409. The van der Waals surface area contributed by atoms with Crippen LogP contribution in [0.25, 0.3) is 0 Å². The molecule has 1 unspecified atom stereocenters. The molecule has 1 heterocycles. The van der Waals surface area contributed by atoms with Crippen LogP contribution >= 0.6 is 0 Å². The summed E-state index contributed by atoms with van der Waals surface area (Å²) in [5.74, 6) is 1.96. The highest BCUT2D eigenvalue weighted by Crippen LogP contribution is 2.75. The molecule has 1 aliphatic heterocycles. The van der Waals surface area contributed by atoms with Crippen molar-refractivity contribution in [3.63, 3.8) is 0 Å². The van der Waals surface area contributed by atoms with Gasteiger partial charge in [-0.3, -0.25) is 0 Å². The van der Waals surface area contributed by atoms with Gasteiger partial charge in [-0.05, 0) is 75.0 Å². The van der Waals surface area contributed by atoms with Crippen LogP contribution in [0.1, 0.15) is 67.2 Å². The number of hydrogen-bond acceptors (Lipinski definition) is 2. The number of ether oxygens (including phenoxy) is 2. The molecule has 0 radical (unpaired) electrons. The van der Waals surface area contributed by atoms with Crippen molar-refractivity contribution in [1.82, 2.24) is 0 Å². The fraction of sp³-hybridized carbons (Fsp3) is 1.00. The highest BCUT2D eigenvalue weighted by Gasteiger charge is 2.73. The van der Waals surface area contributed by atoms with Crippen LogP contribution in [0.2, 0.25) is 0 Å². The third-order valence-corrected chi connectivity index (χ3v) is 7.73. The monoisotopic (exact) mass is 278 g/mol. The topological polar surface area (TPSA) is 18.5 Å². The lowest BCUT2D eigenvalue weighted by atomic mass is 9.63. The van der Waals surface area contributed by atoms with E-state index in [1.54, 1.807) is 0 Å². The minimum Gasteiger partial charge on any atom is -0.344 e. The molecule has 4 rings (SSSR count). The molecule has 1 saturated heterocycles. The Kier molecular flexibility index (Phi) is 2.35. The van der Waals surface area contributed by atoms with Gasteiger partial charge in [-0.1, -0.05) is 20.8 Å². The molecule has 0 aromatic carbocycles. The summed E-state index contributed by atoms with van der Waals surface area (Å²) in [6.45, 7) is 14.0. The molecule has 2 bridgehead atoms. The fourth-order valence-electron chi connectivity index (χ4n) is 7.01. The van der Waals surface area contributed by atoms with Gasteiger partial charge >= 0.3 is 0 Å². The van der Waals surface area contributed by atoms with Crippen LogP contribution in [0, 0.1) is 28.6 Å². The standard InChI is InChI=1S/C18H30O2/c1-11-7-8-12-15(2,3)13-9-18(11,12)10-14-17(13,6)20-16(4,5)19-14/h11-14H,7-10H2,1-6H3/t11-,12+,13-,14-,17-,18?/m1/s1. The SMILES string of the molecule is C[C@@H]1CC[C@H]2C(C)(C)[C@H]3CC12C[C@H]1OC(C)(C)O[C@]31C. The van der Waals surface area contributed by atoms with E-state index < -0.39 is 5.79 Å². The zero-order valence-corrected chi connectivity index (χ0v) is 14.0. The first-order chi connectivity index (χ1) is 9.12. The van der Waals surface area contributed by atoms with Crippen molar-refractivity contribution in [2.24, 2.45) is 28.6 Å². The van der Waals surface area contributed by atoms with Gasteiger partial charge in [-0.2, -0.15) is 0 Å². The Bertz CT molecular complexity index is 454. The normalized spacial score (nSPS) is 58.5. The fourth-order valence-corrected chi connectivity index (χ4v) is 7.01. The van der Waals surface area contributed by atoms with E-state index in [2.05, 4.69) is 41.5 Å². The van der Waals surface area contributed by atoms with Crippen LogP contribution in [0.5, 0.6) is 0 Å². The summed E-state index contributed by atoms with van der Waals surface area (Å²) in [6.07, 6.45) is 5.70. The second kappa shape index (κ2) is 3.46. The van der Waals surface area contributed by atoms with E-state index in [1.807, 2.05) is 0 Å². The van der Waals surface area contributed by atoms with Crippen molar-refractivity contribution in [2.75, 3.05) is 0 Å². The molecular formula is C18H30O2. The maximum Gasteiger partial charge on any atom is 0.164 e. The first-order valence-electron chi connectivity index (χ1n) is 8.50. The van der Waals surface area contributed by atoms with Gasteiger partial charge in [0.05, 0.1) is 11.7 Å². The van der Waals surface area contributed by atoms with E-state index in [1.165, 1.54) is 25.7 Å². The quantitative estimate of drug-likeness (QED) is 0.654. The molecule has 4 aliphatic rings. The lowest BCUT2D eigenvalue weighted by Crippen LogP contribution is -2.52. The molecule has 2 heteroatoms. The van der Waals surface area contributed by atoms with Gasteiger partial charge in [0.15, 0.2) is 5.79 Å². The molecule has 0 aromatic rings. The van der Waals surface area contributed by atoms with Gasteiger partial charge in [-0.25, -0.2) is 0 Å². The van der Waals surface area contributed by atoms with Gasteiger partial charge < -0.3 is 9.47 Å². The van der Waals surface area contributed by atoms with Gasteiger partial charge in [-0.15, -0.1) is 0 Å². The van der Waals surface area contributed by atoms with Gasteiger partial charge in [0.2, 0.25) is 0 Å². The van der Waals surface area contributed by atoms with Crippen molar-refractivity contribution in [2.45, 2.75) is 84.7 Å². The van der Waals surface area contributed by atoms with Gasteiger partial charge in [0, 0.05) is 0 Å². The number of fused-ring (bicyclic) bond motifs is 3. The first kappa shape index (κ1) is 13.6. The first-order valence-corrected chi connectivity index (χ1v) is 8.50. The molecule has 1 spiro atoms. The van der Waals surface area contributed by atoms with Crippen molar-refractivity contribution in [3.8, 4) is 0 Å². The molecule has 6 atom stereocenters. The van der Waals surface area contributed by atoms with Gasteiger partial charge in [0.25, 0.3) is 0 Å². The average molecular weight is 278 g/mol. The summed E-state index contributed by atoms with van der Waals surface area (Å²) >= 11 is 0. The minimum absolute atomic E-state index is 0.0810. The van der Waals surface area contributed by atoms with Crippen LogP contribution in [0.4, 0.5) is 0 Å². The molecule has 0 aromatic heterocycles. The summed E-state index contributed by atoms with van der Waals surface area (Å²) in [4.78, 5) is 0. The third kappa shape index (κ3) is 1.34. The summed E-state index contributed by atoms with van der Waals surface area (Å²) in [7, 11) is 0. The molecule has 2 nitrogen and oxygen atoms in total. The van der Waals surface area contributed by atoms with E-state index in [4.69, 9.17) is 9.47 Å². The molecule has 0 N–H and O–H groups in total. The van der Waals surface area contributed by atoms with Crippen LogP contribution in [0.3, 0.4) is 0 Å². The van der Waals surface area contributed by atoms with E-state index in [-0.39, 0.29) is 5.60 Å². The van der Waals surface area contributed by atoms with Gasteiger partial charge in [0.1, 0.15) is 0 Å². The maximum absolute atomic E-state index is 6.48. The van der Waals surface area contributed by atoms with Crippen LogP contribution in [-0.2, 0) is 9.47 Å². The van der Waals surface area contributed by atoms with Crippen molar-refractivity contribution in [1.29, 1.82) is 0 Å². The Hall–Kier alpha value is -0.0800. The zero-order valence-electron chi connectivity index (χ0n) is 14.0. The molecule has 0 amide bonds. The number of rotatable bonds is 0. The smallest absolute Gasteiger partial charge is 0.164 e. The van der Waals surface area contributed by atoms with E-state index in [0.717, 1.165) is 11.8 Å². The zero-order chi connectivity index (χ0) is 14.6. The molecule has 3 saturated carbocycles. The molecule has 4 fully saturated rings. The van der Waals surface area contributed by atoms with Crippen LogP contribution in [-0.4, -0.2) is 17.5 Å². The maximum atomic E-state index is 6.48. The Balaban J connectivity index is 1.82.